The third-order valence-electron chi connectivity index (χ3n) is 3.22. The molecule has 2 rings (SSSR count). The highest BCUT2D eigenvalue weighted by molar-refractivity contribution is 5.09. The number of hydrogen-bond donors (Lipinski definition) is 2. The van der Waals surface area contributed by atoms with Crippen molar-refractivity contribution in [1.82, 2.24) is 15.1 Å². The Morgan fingerprint density at radius 3 is 3.06 bits per heavy atom. The Hall–Kier alpha value is -0.870. The summed E-state index contributed by atoms with van der Waals surface area (Å²) >= 11 is 0. The normalized spacial score (nSPS) is 25.4. The molecule has 4 heteroatoms. The number of piperidine rings is 1. The first kappa shape index (κ1) is 12.6. The third-order valence-corrected chi connectivity index (χ3v) is 3.22. The Labute approximate surface area is 103 Å². The number of aliphatic hydroxyl groups is 1. The van der Waals surface area contributed by atoms with Gasteiger partial charge in [-0.05, 0) is 30.9 Å². The van der Waals surface area contributed by atoms with Crippen molar-refractivity contribution in [3.05, 3.63) is 18.0 Å². The lowest BCUT2D eigenvalue weighted by Gasteiger charge is -2.32. The first-order valence-corrected chi connectivity index (χ1v) is 6.52. The van der Waals surface area contributed by atoms with Crippen molar-refractivity contribution in [3.8, 4) is 0 Å². The molecule has 1 saturated heterocycles. The molecular weight excluding hydrogens is 214 g/mol. The zero-order chi connectivity index (χ0) is 12.3. The summed E-state index contributed by atoms with van der Waals surface area (Å²) < 4.78 is 1.97. The number of β-amino-alcohol motifs (C(OH)–C–C–N with tert-alkyl or cyclic N) is 1. The number of hydrogen-bond acceptors (Lipinski definition) is 3. The van der Waals surface area contributed by atoms with Crippen molar-refractivity contribution in [3.63, 3.8) is 0 Å². The highest BCUT2D eigenvalue weighted by Gasteiger charge is 2.29. The Bertz CT molecular complexity index is 353. The van der Waals surface area contributed by atoms with Gasteiger partial charge in [-0.25, -0.2) is 0 Å². The Kier molecular flexibility index (Phi) is 3.84. The van der Waals surface area contributed by atoms with Gasteiger partial charge in [-0.2, -0.15) is 5.10 Å². The van der Waals surface area contributed by atoms with Gasteiger partial charge in [-0.3, -0.25) is 4.68 Å². The van der Waals surface area contributed by atoms with E-state index in [1.807, 2.05) is 10.9 Å². The zero-order valence-electron chi connectivity index (χ0n) is 10.8. The summed E-state index contributed by atoms with van der Waals surface area (Å²) in [4.78, 5) is 0. The fraction of sp³-hybridized carbons (Fsp3) is 0.769. The largest absolute Gasteiger partial charge is 0.388 e. The van der Waals surface area contributed by atoms with Crippen LogP contribution >= 0.6 is 0 Å². The number of nitrogens with zero attached hydrogens (tertiary/aromatic N) is 2. The fourth-order valence-corrected chi connectivity index (χ4v) is 2.45. The molecule has 0 amide bonds. The van der Waals surface area contributed by atoms with E-state index in [0.29, 0.717) is 18.9 Å². The quantitative estimate of drug-likeness (QED) is 0.827. The van der Waals surface area contributed by atoms with E-state index >= 15 is 0 Å². The van der Waals surface area contributed by atoms with Crippen LogP contribution < -0.4 is 5.32 Å². The summed E-state index contributed by atoms with van der Waals surface area (Å²) in [6.07, 6.45) is 6.59. The minimum absolute atomic E-state index is 0.579. The molecule has 0 bridgehead atoms. The minimum atomic E-state index is -0.579. The van der Waals surface area contributed by atoms with E-state index in [1.54, 1.807) is 0 Å². The average molecular weight is 237 g/mol. The second-order valence-electron chi connectivity index (χ2n) is 5.65. The molecule has 1 unspecified atom stereocenters. The Morgan fingerprint density at radius 2 is 2.41 bits per heavy atom. The van der Waals surface area contributed by atoms with E-state index in [4.69, 9.17) is 0 Å². The minimum Gasteiger partial charge on any atom is -0.388 e. The van der Waals surface area contributed by atoms with Crippen LogP contribution in [-0.2, 0) is 13.0 Å². The van der Waals surface area contributed by atoms with Crippen LogP contribution in [0.3, 0.4) is 0 Å². The second kappa shape index (κ2) is 5.19. The predicted molar refractivity (Wildman–Crippen MR) is 67.8 cm³/mol. The van der Waals surface area contributed by atoms with Crippen molar-refractivity contribution in [2.45, 2.75) is 45.3 Å². The van der Waals surface area contributed by atoms with Crippen molar-refractivity contribution in [1.29, 1.82) is 0 Å². The zero-order valence-corrected chi connectivity index (χ0v) is 10.8. The lowest BCUT2D eigenvalue weighted by atomic mass is 9.88. The molecule has 1 aliphatic heterocycles. The van der Waals surface area contributed by atoms with Crippen LogP contribution in [0.4, 0.5) is 0 Å². The van der Waals surface area contributed by atoms with Crippen LogP contribution in [0.2, 0.25) is 0 Å². The van der Waals surface area contributed by atoms with E-state index in [0.717, 1.165) is 31.5 Å². The standard InChI is InChI=1S/C13H23N3O/c1-11(2)8-16-9-12(7-15-16)6-13(17)4-3-5-14-10-13/h7,9,11,14,17H,3-6,8,10H2,1-2H3. The topological polar surface area (TPSA) is 50.1 Å². The maximum absolute atomic E-state index is 10.4. The van der Waals surface area contributed by atoms with Gasteiger partial charge >= 0.3 is 0 Å². The van der Waals surface area contributed by atoms with E-state index in [-0.39, 0.29) is 0 Å². The first-order chi connectivity index (χ1) is 8.07. The van der Waals surface area contributed by atoms with Gasteiger partial charge in [-0.15, -0.1) is 0 Å². The highest BCUT2D eigenvalue weighted by atomic mass is 16.3. The SMILES string of the molecule is CC(C)Cn1cc(CC2(O)CCCNC2)cn1. The molecule has 1 atom stereocenters. The number of nitrogens with one attached hydrogen (secondary N) is 1. The van der Waals surface area contributed by atoms with Crippen molar-refractivity contribution in [2.24, 2.45) is 5.92 Å². The van der Waals surface area contributed by atoms with Gasteiger partial charge in [0, 0.05) is 25.7 Å². The molecule has 2 N–H and O–H groups in total. The van der Waals surface area contributed by atoms with Crippen molar-refractivity contribution >= 4 is 0 Å². The summed E-state index contributed by atoms with van der Waals surface area (Å²) in [5, 5.41) is 18.0. The smallest absolute Gasteiger partial charge is 0.0813 e. The monoisotopic (exact) mass is 237 g/mol. The van der Waals surface area contributed by atoms with Gasteiger partial charge < -0.3 is 10.4 Å². The van der Waals surface area contributed by atoms with Crippen LogP contribution in [0.1, 0.15) is 32.3 Å². The summed E-state index contributed by atoms with van der Waals surface area (Å²) in [7, 11) is 0. The lowest BCUT2D eigenvalue weighted by molar-refractivity contribution is 0.0169. The van der Waals surface area contributed by atoms with Gasteiger partial charge in [0.1, 0.15) is 0 Å². The molecule has 0 aromatic carbocycles. The highest BCUT2D eigenvalue weighted by Crippen LogP contribution is 2.21. The molecule has 0 saturated carbocycles. The molecule has 0 aliphatic carbocycles. The van der Waals surface area contributed by atoms with Crippen LogP contribution in [-0.4, -0.2) is 33.6 Å². The molecule has 1 aromatic heterocycles. The molecule has 17 heavy (non-hydrogen) atoms. The molecule has 1 aromatic rings. The number of aromatic nitrogens is 2. The van der Waals surface area contributed by atoms with E-state index in [1.165, 1.54) is 0 Å². The van der Waals surface area contributed by atoms with Crippen LogP contribution in [0.25, 0.3) is 0 Å². The predicted octanol–water partition coefficient (Wildman–Crippen LogP) is 1.20. The second-order valence-corrected chi connectivity index (χ2v) is 5.65. The van der Waals surface area contributed by atoms with Gasteiger partial charge in [0.2, 0.25) is 0 Å². The van der Waals surface area contributed by atoms with Crippen LogP contribution in [0.5, 0.6) is 0 Å². The van der Waals surface area contributed by atoms with E-state index in [9.17, 15) is 5.11 Å². The third kappa shape index (κ3) is 3.54. The maximum Gasteiger partial charge on any atom is 0.0813 e. The molecule has 1 aliphatic rings. The molecule has 96 valence electrons. The molecule has 1 fully saturated rings. The van der Waals surface area contributed by atoms with E-state index < -0.39 is 5.60 Å². The van der Waals surface area contributed by atoms with Gasteiger partial charge in [-0.1, -0.05) is 13.8 Å². The van der Waals surface area contributed by atoms with E-state index in [2.05, 4.69) is 30.5 Å². The van der Waals surface area contributed by atoms with Gasteiger partial charge in [0.25, 0.3) is 0 Å². The molecule has 0 radical (unpaired) electrons. The molecule has 0 spiro atoms. The maximum atomic E-state index is 10.4. The van der Waals surface area contributed by atoms with Crippen LogP contribution in [0, 0.1) is 5.92 Å². The first-order valence-electron chi connectivity index (χ1n) is 6.52. The molecule has 2 heterocycles. The molecular formula is C13H23N3O. The summed E-state index contributed by atoms with van der Waals surface area (Å²) in [5.74, 6) is 0.599. The summed E-state index contributed by atoms with van der Waals surface area (Å²) in [5.41, 5.74) is 0.557. The van der Waals surface area contributed by atoms with Gasteiger partial charge in [0.15, 0.2) is 0 Å². The Morgan fingerprint density at radius 1 is 1.59 bits per heavy atom. The summed E-state index contributed by atoms with van der Waals surface area (Å²) in [6, 6.07) is 0. The molecule has 4 nitrogen and oxygen atoms in total. The van der Waals surface area contributed by atoms with Crippen molar-refractivity contribution < 1.29 is 5.11 Å². The average Bonchev–Trinajstić information content (AvgIpc) is 2.64. The van der Waals surface area contributed by atoms with Crippen molar-refractivity contribution in [2.75, 3.05) is 13.1 Å². The Balaban J connectivity index is 1.96. The van der Waals surface area contributed by atoms with Crippen LogP contribution in [0.15, 0.2) is 12.4 Å². The fourth-order valence-electron chi connectivity index (χ4n) is 2.45. The van der Waals surface area contributed by atoms with Gasteiger partial charge in [0.05, 0.1) is 11.8 Å². The summed E-state index contributed by atoms with van der Waals surface area (Å²) in [6.45, 7) is 7.02. The number of rotatable bonds is 4. The lowest BCUT2D eigenvalue weighted by Crippen LogP contribution is -2.47.